The van der Waals surface area contributed by atoms with Gasteiger partial charge in [0.1, 0.15) is 0 Å². The minimum Gasteiger partial charge on any atom is -0.310 e. The molecule has 0 unspecified atom stereocenters. The number of aryl methyl sites for hydroxylation is 2. The number of fused-ring (bicyclic) bond motifs is 15. The summed E-state index contributed by atoms with van der Waals surface area (Å²) < 4.78 is 0. The molecule has 1 nitrogen and oxygen atoms in total. The molecule has 0 heterocycles. The molecule has 0 atom stereocenters. The fourth-order valence-electron chi connectivity index (χ4n) is 10.4. The van der Waals surface area contributed by atoms with Crippen LogP contribution in [0.3, 0.4) is 0 Å². The molecule has 0 amide bonds. The van der Waals surface area contributed by atoms with E-state index < -0.39 is 0 Å². The molecule has 60 heavy (non-hydrogen) atoms. The standard InChI is InChI=1S/C59H43N/c1-36-17-23-40(24-18-36)60(41-25-19-37(2)20-26-41)42-27-30-51-50-29-22-39(32-57(50)59(3,4)58(51)33-42)38-21-28-49-52(31-38)47-15-9-10-16-48(47)55-34-53-45-13-7-5-11-43(45)44-12-6-8-14-46(44)54(53)35-56(49)55/h5-35H,1-4H3. The van der Waals surface area contributed by atoms with Crippen LogP contribution in [-0.2, 0) is 5.41 Å². The first-order valence-corrected chi connectivity index (χ1v) is 21.2. The lowest BCUT2D eigenvalue weighted by atomic mass is 9.81. The molecule has 1 aliphatic carbocycles. The molecular weight excluding hydrogens is 723 g/mol. The second-order valence-corrected chi connectivity index (χ2v) is 17.5. The quantitative estimate of drug-likeness (QED) is 0.127. The van der Waals surface area contributed by atoms with Crippen molar-refractivity contribution < 1.29 is 0 Å². The summed E-state index contributed by atoms with van der Waals surface area (Å²) in [6, 6.07) is 70.8. The molecule has 0 aromatic heterocycles. The van der Waals surface area contributed by atoms with Gasteiger partial charge in [0, 0.05) is 22.5 Å². The molecule has 0 N–H and O–H groups in total. The highest BCUT2D eigenvalue weighted by Gasteiger charge is 2.36. The molecule has 1 aliphatic rings. The third-order valence-corrected chi connectivity index (χ3v) is 13.5. The summed E-state index contributed by atoms with van der Waals surface area (Å²) in [7, 11) is 0. The molecule has 0 bridgehead atoms. The molecule has 1 heteroatoms. The summed E-state index contributed by atoms with van der Waals surface area (Å²) in [6.07, 6.45) is 0. The van der Waals surface area contributed by atoms with Gasteiger partial charge in [0.15, 0.2) is 0 Å². The van der Waals surface area contributed by atoms with Crippen molar-refractivity contribution in [3.8, 4) is 22.3 Å². The van der Waals surface area contributed by atoms with Crippen molar-refractivity contribution in [3.63, 3.8) is 0 Å². The Kier molecular flexibility index (Phi) is 7.47. The van der Waals surface area contributed by atoms with Gasteiger partial charge < -0.3 is 4.90 Å². The van der Waals surface area contributed by atoms with Gasteiger partial charge in [0.25, 0.3) is 0 Å². The monoisotopic (exact) mass is 765 g/mol. The third kappa shape index (κ3) is 5.12. The summed E-state index contributed by atoms with van der Waals surface area (Å²) in [6.45, 7) is 9.08. The van der Waals surface area contributed by atoms with E-state index in [9.17, 15) is 0 Å². The van der Waals surface area contributed by atoms with E-state index in [1.54, 1.807) is 0 Å². The number of benzene rings is 11. The van der Waals surface area contributed by atoms with Crippen LogP contribution in [0, 0.1) is 13.8 Å². The van der Waals surface area contributed by atoms with Gasteiger partial charge in [-0.05, 0) is 173 Å². The minimum absolute atomic E-state index is 0.184. The Hall–Kier alpha value is -7.22. The van der Waals surface area contributed by atoms with Crippen LogP contribution < -0.4 is 4.90 Å². The van der Waals surface area contributed by atoms with E-state index >= 15 is 0 Å². The molecule has 11 aromatic carbocycles. The average molecular weight is 766 g/mol. The predicted octanol–water partition coefficient (Wildman–Crippen LogP) is 16.7. The van der Waals surface area contributed by atoms with Gasteiger partial charge in [-0.2, -0.15) is 0 Å². The number of rotatable bonds is 4. The lowest BCUT2D eigenvalue weighted by Gasteiger charge is -2.28. The number of hydrogen-bond acceptors (Lipinski definition) is 1. The highest BCUT2D eigenvalue weighted by atomic mass is 15.1. The zero-order valence-electron chi connectivity index (χ0n) is 34.3. The topological polar surface area (TPSA) is 3.24 Å². The van der Waals surface area contributed by atoms with Crippen molar-refractivity contribution in [2.24, 2.45) is 0 Å². The average Bonchev–Trinajstić information content (AvgIpc) is 3.52. The van der Waals surface area contributed by atoms with Crippen LogP contribution in [0.25, 0.3) is 86.9 Å². The fourth-order valence-corrected chi connectivity index (χ4v) is 10.4. The summed E-state index contributed by atoms with van der Waals surface area (Å²) >= 11 is 0. The lowest BCUT2D eigenvalue weighted by molar-refractivity contribution is 0.660. The van der Waals surface area contributed by atoms with E-state index in [1.165, 1.54) is 115 Å². The minimum atomic E-state index is -0.184. The first kappa shape index (κ1) is 34.8. The van der Waals surface area contributed by atoms with E-state index in [-0.39, 0.29) is 5.41 Å². The Morgan fingerprint density at radius 3 is 1.13 bits per heavy atom. The number of hydrogen-bond donors (Lipinski definition) is 0. The molecular formula is C59H43N. The van der Waals surface area contributed by atoms with Gasteiger partial charge in [-0.3, -0.25) is 0 Å². The van der Waals surface area contributed by atoms with E-state index in [2.05, 4.69) is 221 Å². The summed E-state index contributed by atoms with van der Waals surface area (Å²) in [4.78, 5) is 2.39. The first-order valence-electron chi connectivity index (χ1n) is 21.2. The number of anilines is 3. The van der Waals surface area contributed by atoms with Gasteiger partial charge in [-0.1, -0.05) is 152 Å². The second-order valence-electron chi connectivity index (χ2n) is 17.5. The Balaban J connectivity index is 1.000. The maximum atomic E-state index is 2.47. The molecule has 0 saturated carbocycles. The van der Waals surface area contributed by atoms with Gasteiger partial charge >= 0.3 is 0 Å². The predicted molar refractivity (Wildman–Crippen MR) is 259 cm³/mol. The van der Waals surface area contributed by atoms with E-state index in [0.717, 1.165) is 11.4 Å². The van der Waals surface area contributed by atoms with Gasteiger partial charge in [0.2, 0.25) is 0 Å². The van der Waals surface area contributed by atoms with Crippen LogP contribution in [0.2, 0.25) is 0 Å². The molecule has 0 fully saturated rings. The van der Waals surface area contributed by atoms with Crippen molar-refractivity contribution in [3.05, 3.63) is 210 Å². The second kappa shape index (κ2) is 12.9. The smallest absolute Gasteiger partial charge is 0.0465 e. The van der Waals surface area contributed by atoms with Crippen molar-refractivity contribution in [1.82, 2.24) is 0 Å². The molecule has 0 saturated heterocycles. The van der Waals surface area contributed by atoms with Gasteiger partial charge in [0.05, 0.1) is 0 Å². The van der Waals surface area contributed by atoms with Crippen molar-refractivity contribution >= 4 is 81.7 Å². The molecule has 0 radical (unpaired) electrons. The van der Waals surface area contributed by atoms with Crippen LogP contribution in [0.15, 0.2) is 188 Å². The molecule has 0 spiro atoms. The van der Waals surface area contributed by atoms with Crippen molar-refractivity contribution in [2.45, 2.75) is 33.1 Å². The summed E-state index contributed by atoms with van der Waals surface area (Å²) in [5.74, 6) is 0. The lowest BCUT2D eigenvalue weighted by Crippen LogP contribution is -2.16. The van der Waals surface area contributed by atoms with Crippen molar-refractivity contribution in [2.75, 3.05) is 4.90 Å². The SMILES string of the molecule is Cc1ccc(N(c2ccc(C)cc2)c2ccc3c(c2)C(C)(C)c2cc(-c4ccc5c(c4)c4ccccc4c4cc6c7ccccc7c7ccccc7c6cc54)ccc2-3)cc1. The first-order chi connectivity index (χ1) is 29.3. The molecule has 0 aliphatic heterocycles. The third-order valence-electron chi connectivity index (χ3n) is 13.5. The normalized spacial score (nSPS) is 13.1. The van der Waals surface area contributed by atoms with Crippen LogP contribution in [0.4, 0.5) is 17.1 Å². The Labute approximate surface area is 350 Å². The maximum absolute atomic E-state index is 2.47. The zero-order chi connectivity index (χ0) is 40.3. The summed E-state index contributed by atoms with van der Waals surface area (Å²) in [5, 5.41) is 15.6. The van der Waals surface area contributed by atoms with E-state index in [0.29, 0.717) is 0 Å². The largest absolute Gasteiger partial charge is 0.310 e. The molecule has 12 rings (SSSR count). The van der Waals surface area contributed by atoms with Crippen LogP contribution in [0.5, 0.6) is 0 Å². The number of nitrogens with zero attached hydrogens (tertiary/aromatic N) is 1. The van der Waals surface area contributed by atoms with E-state index in [4.69, 9.17) is 0 Å². The Morgan fingerprint density at radius 2 is 0.650 bits per heavy atom. The van der Waals surface area contributed by atoms with Crippen LogP contribution >= 0.6 is 0 Å². The Morgan fingerprint density at radius 1 is 0.300 bits per heavy atom. The Bertz CT molecular complexity index is 3530. The van der Waals surface area contributed by atoms with E-state index in [1.807, 2.05) is 0 Å². The maximum Gasteiger partial charge on any atom is 0.0465 e. The zero-order valence-corrected chi connectivity index (χ0v) is 34.3. The van der Waals surface area contributed by atoms with Crippen molar-refractivity contribution in [1.29, 1.82) is 0 Å². The van der Waals surface area contributed by atoms with Gasteiger partial charge in [-0.25, -0.2) is 0 Å². The molecule has 11 aromatic rings. The molecule has 284 valence electrons. The van der Waals surface area contributed by atoms with Gasteiger partial charge in [-0.15, -0.1) is 0 Å². The fraction of sp³-hybridized carbons (Fsp3) is 0.0847. The van der Waals surface area contributed by atoms with Crippen LogP contribution in [-0.4, -0.2) is 0 Å². The highest BCUT2D eigenvalue weighted by molar-refractivity contribution is 6.33. The van der Waals surface area contributed by atoms with Crippen LogP contribution in [0.1, 0.15) is 36.1 Å². The highest BCUT2D eigenvalue weighted by Crippen LogP contribution is 2.52. The summed E-state index contributed by atoms with van der Waals surface area (Å²) in [5.41, 5.74) is 13.7.